The topological polar surface area (TPSA) is 75.2 Å². The Bertz CT molecular complexity index is 665. The van der Waals surface area contributed by atoms with E-state index in [0.29, 0.717) is 5.56 Å². The monoisotopic (exact) mass is 258 g/mol. The molecule has 1 atom stereocenters. The van der Waals surface area contributed by atoms with E-state index in [-0.39, 0.29) is 6.54 Å². The molecular weight excluding hydrogens is 244 g/mol. The zero-order valence-electron chi connectivity index (χ0n) is 10.8. The van der Waals surface area contributed by atoms with E-state index in [0.717, 1.165) is 10.9 Å². The van der Waals surface area contributed by atoms with Gasteiger partial charge in [-0.2, -0.15) is 5.26 Å². The molecule has 2 rings (SSSR count). The number of benzene rings is 1. The maximum Gasteiger partial charge on any atom is 0.339 e. The van der Waals surface area contributed by atoms with Gasteiger partial charge < -0.3 is 14.4 Å². The zero-order chi connectivity index (χ0) is 14.0. The molecule has 1 N–H and O–H groups in total. The van der Waals surface area contributed by atoms with Crippen LogP contribution in [0.2, 0.25) is 0 Å². The Morgan fingerprint density at radius 3 is 2.89 bits per heavy atom. The third-order valence-corrected chi connectivity index (χ3v) is 3.01. The van der Waals surface area contributed by atoms with Crippen LogP contribution in [0, 0.1) is 11.3 Å². The summed E-state index contributed by atoms with van der Waals surface area (Å²) in [5.41, 5.74) is -0.281. The molecule has 0 saturated heterocycles. The van der Waals surface area contributed by atoms with Crippen molar-refractivity contribution in [3.05, 3.63) is 36.0 Å². The lowest BCUT2D eigenvalue weighted by Gasteiger charge is -2.21. The second-order valence-electron chi connectivity index (χ2n) is 4.59. The number of nitrogens with zero attached hydrogens (tertiary/aromatic N) is 2. The maximum atomic E-state index is 11.5. The highest BCUT2D eigenvalue weighted by Gasteiger charge is 2.32. The van der Waals surface area contributed by atoms with Crippen LogP contribution < -0.4 is 0 Å². The molecule has 1 aromatic carbocycles. The van der Waals surface area contributed by atoms with E-state index in [2.05, 4.69) is 10.8 Å². The van der Waals surface area contributed by atoms with E-state index in [1.165, 1.54) is 14.0 Å². The summed E-state index contributed by atoms with van der Waals surface area (Å²) in [5.74, 6) is -0.689. The highest BCUT2D eigenvalue weighted by atomic mass is 16.5. The van der Waals surface area contributed by atoms with Gasteiger partial charge in [0.1, 0.15) is 0 Å². The van der Waals surface area contributed by atoms with Crippen molar-refractivity contribution in [3.8, 4) is 6.07 Å². The second kappa shape index (κ2) is 4.75. The molecule has 0 fully saturated rings. The number of nitriles is 1. The highest BCUT2D eigenvalue weighted by Crippen LogP contribution is 2.20. The van der Waals surface area contributed by atoms with Gasteiger partial charge in [-0.25, -0.2) is 4.79 Å². The molecule has 0 radical (unpaired) electrons. The van der Waals surface area contributed by atoms with Gasteiger partial charge in [-0.1, -0.05) is 6.07 Å². The molecule has 0 aliphatic heterocycles. The van der Waals surface area contributed by atoms with Crippen LogP contribution in [0.5, 0.6) is 0 Å². The summed E-state index contributed by atoms with van der Waals surface area (Å²) in [7, 11) is 1.23. The number of hydrogen-bond acceptors (Lipinski definition) is 4. The van der Waals surface area contributed by atoms with Crippen LogP contribution in [-0.2, 0) is 16.1 Å². The smallest absolute Gasteiger partial charge is 0.339 e. The summed E-state index contributed by atoms with van der Waals surface area (Å²) in [6, 6.07) is 9.21. The van der Waals surface area contributed by atoms with E-state index >= 15 is 0 Å². The summed E-state index contributed by atoms with van der Waals surface area (Å²) in [6.07, 6.45) is 1.77. The first-order valence-electron chi connectivity index (χ1n) is 5.78. The lowest BCUT2D eigenvalue weighted by molar-refractivity contribution is -0.161. The van der Waals surface area contributed by atoms with Crippen LogP contribution in [0.3, 0.4) is 0 Å². The molecule has 0 aliphatic rings. The number of esters is 1. The lowest BCUT2D eigenvalue weighted by atomic mass is 10.1. The summed E-state index contributed by atoms with van der Waals surface area (Å²) in [5, 5.41) is 19.9. The van der Waals surface area contributed by atoms with Crippen LogP contribution in [0.25, 0.3) is 10.9 Å². The molecule has 0 saturated carbocycles. The number of carbonyl (C=O) groups excluding carboxylic acids is 1. The molecule has 0 aliphatic carbocycles. The predicted molar refractivity (Wildman–Crippen MR) is 69.3 cm³/mol. The van der Waals surface area contributed by atoms with Crippen molar-refractivity contribution in [3.63, 3.8) is 0 Å². The second-order valence-corrected chi connectivity index (χ2v) is 4.59. The van der Waals surface area contributed by atoms with Gasteiger partial charge in [-0.15, -0.1) is 0 Å². The fraction of sp³-hybridized carbons (Fsp3) is 0.286. The number of rotatable bonds is 3. The molecule has 0 bridgehead atoms. The molecule has 5 heteroatoms. The van der Waals surface area contributed by atoms with Gasteiger partial charge in [-0.3, -0.25) is 0 Å². The summed E-state index contributed by atoms with van der Waals surface area (Å²) in [6.45, 7) is 1.47. The molecule has 2 aromatic rings. The SMILES string of the molecule is COC(=O)C(C)(O)Cn1ccc2ccc(C#N)cc21. The Morgan fingerprint density at radius 1 is 1.53 bits per heavy atom. The van der Waals surface area contributed by atoms with Crippen molar-refractivity contribution in [1.29, 1.82) is 5.26 Å². The number of methoxy groups -OCH3 is 1. The van der Waals surface area contributed by atoms with Gasteiger partial charge in [-0.05, 0) is 30.5 Å². The summed E-state index contributed by atoms with van der Waals surface area (Å²) in [4.78, 5) is 11.5. The molecule has 1 aromatic heterocycles. The van der Waals surface area contributed by atoms with Crippen molar-refractivity contribution < 1.29 is 14.6 Å². The number of aliphatic hydroxyl groups is 1. The van der Waals surface area contributed by atoms with Crippen molar-refractivity contribution in [1.82, 2.24) is 4.57 Å². The Hall–Kier alpha value is -2.32. The summed E-state index contributed by atoms with van der Waals surface area (Å²) >= 11 is 0. The van der Waals surface area contributed by atoms with Crippen LogP contribution in [-0.4, -0.2) is 28.4 Å². The van der Waals surface area contributed by atoms with E-state index in [9.17, 15) is 9.90 Å². The highest BCUT2D eigenvalue weighted by molar-refractivity contribution is 5.82. The van der Waals surface area contributed by atoms with Crippen molar-refractivity contribution >= 4 is 16.9 Å². The Morgan fingerprint density at radius 2 is 2.26 bits per heavy atom. The average Bonchev–Trinajstić information content (AvgIpc) is 2.79. The fourth-order valence-corrected chi connectivity index (χ4v) is 2.01. The third kappa shape index (κ3) is 2.44. The van der Waals surface area contributed by atoms with Gasteiger partial charge in [0, 0.05) is 11.7 Å². The first-order chi connectivity index (χ1) is 8.97. The van der Waals surface area contributed by atoms with Crippen LogP contribution in [0.4, 0.5) is 0 Å². The molecule has 1 unspecified atom stereocenters. The van der Waals surface area contributed by atoms with E-state index in [1.807, 2.05) is 12.1 Å². The number of aromatic nitrogens is 1. The molecular formula is C14H14N2O3. The molecule has 0 amide bonds. The van der Waals surface area contributed by atoms with Crippen molar-refractivity contribution in [2.24, 2.45) is 0 Å². The van der Waals surface area contributed by atoms with E-state index in [4.69, 9.17) is 5.26 Å². The Labute approximate surface area is 110 Å². The van der Waals surface area contributed by atoms with Crippen LogP contribution in [0.1, 0.15) is 12.5 Å². The van der Waals surface area contributed by atoms with Crippen LogP contribution in [0.15, 0.2) is 30.5 Å². The normalized spacial score (nSPS) is 13.8. The number of hydrogen-bond donors (Lipinski definition) is 1. The first-order valence-corrected chi connectivity index (χ1v) is 5.78. The molecule has 1 heterocycles. The van der Waals surface area contributed by atoms with Gasteiger partial charge in [0.15, 0.2) is 5.60 Å². The van der Waals surface area contributed by atoms with Crippen LogP contribution >= 0.6 is 0 Å². The van der Waals surface area contributed by atoms with Crippen molar-refractivity contribution in [2.45, 2.75) is 19.1 Å². The van der Waals surface area contributed by atoms with E-state index < -0.39 is 11.6 Å². The largest absolute Gasteiger partial charge is 0.467 e. The lowest BCUT2D eigenvalue weighted by Crippen LogP contribution is -2.40. The summed E-state index contributed by atoms with van der Waals surface area (Å²) < 4.78 is 6.30. The van der Waals surface area contributed by atoms with Gasteiger partial charge in [0.05, 0.1) is 25.3 Å². The molecule has 0 spiro atoms. The Balaban J connectivity index is 2.41. The molecule has 19 heavy (non-hydrogen) atoms. The quantitative estimate of drug-likeness (QED) is 0.845. The fourth-order valence-electron chi connectivity index (χ4n) is 2.01. The van der Waals surface area contributed by atoms with Gasteiger partial charge in [0.2, 0.25) is 0 Å². The minimum atomic E-state index is -1.61. The maximum absolute atomic E-state index is 11.5. The minimum Gasteiger partial charge on any atom is -0.467 e. The standard InChI is InChI=1S/C14H14N2O3/c1-14(18,13(17)19-2)9-16-6-5-11-4-3-10(8-15)7-12(11)16/h3-7,18H,9H2,1-2H3. The molecule has 5 nitrogen and oxygen atoms in total. The van der Waals surface area contributed by atoms with Gasteiger partial charge >= 0.3 is 5.97 Å². The number of carbonyl (C=O) groups is 1. The van der Waals surface area contributed by atoms with Gasteiger partial charge in [0.25, 0.3) is 0 Å². The molecule has 98 valence electrons. The minimum absolute atomic E-state index is 0.0675. The van der Waals surface area contributed by atoms with Crippen molar-refractivity contribution in [2.75, 3.05) is 7.11 Å². The third-order valence-electron chi connectivity index (χ3n) is 3.01. The first kappa shape index (κ1) is 13.1. The number of fused-ring (bicyclic) bond motifs is 1. The predicted octanol–water partition coefficient (Wildman–Crippen LogP) is 1.44. The Kier molecular flexibility index (Phi) is 3.28. The number of ether oxygens (including phenoxy) is 1. The zero-order valence-corrected chi connectivity index (χ0v) is 10.8. The average molecular weight is 258 g/mol. The van der Waals surface area contributed by atoms with E-state index in [1.54, 1.807) is 22.9 Å².